The largest absolute Gasteiger partial charge is 0.480 e. The van der Waals surface area contributed by atoms with Crippen LogP contribution in [0.2, 0.25) is 0 Å². The lowest BCUT2D eigenvalue weighted by Crippen LogP contribution is -2.40. The number of carboxylic acids is 1. The maximum atomic E-state index is 10.5. The standard InChI is InChI=1S/C9H17NO2/c1-2-9(4-3-5-9)6-7(10)8(11)12/h7H,2-6,10H2,1H3,(H,11,12)/t7-/m0/s1. The lowest BCUT2D eigenvalue weighted by Gasteiger charge is -2.42. The summed E-state index contributed by atoms with van der Waals surface area (Å²) in [5.74, 6) is -0.866. The summed E-state index contributed by atoms with van der Waals surface area (Å²) in [5.41, 5.74) is 5.75. The molecular formula is C9H17NO2. The second kappa shape index (κ2) is 3.44. The van der Waals surface area contributed by atoms with Crippen molar-refractivity contribution in [2.45, 2.75) is 45.1 Å². The molecule has 1 rings (SSSR count). The van der Waals surface area contributed by atoms with Crippen LogP contribution < -0.4 is 5.73 Å². The third-order valence-corrected chi connectivity index (χ3v) is 3.13. The highest BCUT2D eigenvalue weighted by Gasteiger charge is 2.37. The first kappa shape index (κ1) is 9.52. The summed E-state index contributed by atoms with van der Waals surface area (Å²) in [6.45, 7) is 2.12. The van der Waals surface area contributed by atoms with E-state index in [1.807, 2.05) is 0 Å². The molecule has 0 saturated heterocycles. The zero-order valence-electron chi connectivity index (χ0n) is 7.55. The second-order valence-electron chi connectivity index (χ2n) is 3.86. The van der Waals surface area contributed by atoms with Crippen LogP contribution >= 0.6 is 0 Å². The van der Waals surface area contributed by atoms with Crippen LogP contribution in [0.3, 0.4) is 0 Å². The highest BCUT2D eigenvalue weighted by Crippen LogP contribution is 2.47. The van der Waals surface area contributed by atoms with Crippen LogP contribution in [-0.4, -0.2) is 17.1 Å². The molecule has 1 atom stereocenters. The van der Waals surface area contributed by atoms with Gasteiger partial charge in [-0.3, -0.25) is 4.79 Å². The molecule has 0 amide bonds. The summed E-state index contributed by atoms with van der Waals surface area (Å²) >= 11 is 0. The molecule has 1 aliphatic carbocycles. The summed E-state index contributed by atoms with van der Waals surface area (Å²) in [4.78, 5) is 10.5. The molecule has 0 spiro atoms. The highest BCUT2D eigenvalue weighted by atomic mass is 16.4. The van der Waals surface area contributed by atoms with Gasteiger partial charge in [-0.05, 0) is 24.7 Å². The minimum atomic E-state index is -0.866. The smallest absolute Gasteiger partial charge is 0.320 e. The van der Waals surface area contributed by atoms with Crippen LogP contribution in [0, 0.1) is 5.41 Å². The zero-order valence-corrected chi connectivity index (χ0v) is 7.55. The Balaban J connectivity index is 2.42. The van der Waals surface area contributed by atoms with E-state index in [2.05, 4.69) is 6.92 Å². The summed E-state index contributed by atoms with van der Waals surface area (Å²) in [7, 11) is 0. The fourth-order valence-electron chi connectivity index (χ4n) is 1.93. The van der Waals surface area contributed by atoms with Crippen molar-refractivity contribution in [2.24, 2.45) is 11.1 Å². The summed E-state index contributed by atoms with van der Waals surface area (Å²) in [6.07, 6.45) is 5.27. The average Bonchev–Trinajstić information content (AvgIpc) is 1.96. The van der Waals surface area contributed by atoms with Gasteiger partial charge in [-0.25, -0.2) is 0 Å². The molecule has 70 valence electrons. The van der Waals surface area contributed by atoms with Crippen LogP contribution in [0.25, 0.3) is 0 Å². The van der Waals surface area contributed by atoms with E-state index in [1.165, 1.54) is 6.42 Å². The van der Waals surface area contributed by atoms with Crippen molar-refractivity contribution < 1.29 is 9.90 Å². The first-order valence-corrected chi connectivity index (χ1v) is 4.58. The summed E-state index contributed by atoms with van der Waals surface area (Å²) < 4.78 is 0. The Morgan fingerprint density at radius 2 is 2.25 bits per heavy atom. The molecule has 3 N–H and O–H groups in total. The number of nitrogens with two attached hydrogens (primary N) is 1. The van der Waals surface area contributed by atoms with Crippen LogP contribution in [0.1, 0.15) is 39.0 Å². The number of carbonyl (C=O) groups is 1. The fraction of sp³-hybridized carbons (Fsp3) is 0.889. The summed E-state index contributed by atoms with van der Waals surface area (Å²) in [6, 6.07) is -0.662. The van der Waals surface area contributed by atoms with Gasteiger partial charge in [0.2, 0.25) is 0 Å². The van der Waals surface area contributed by atoms with Gasteiger partial charge in [-0.2, -0.15) is 0 Å². The number of hydrogen-bond donors (Lipinski definition) is 2. The van der Waals surface area contributed by atoms with E-state index in [0.29, 0.717) is 6.42 Å². The minimum absolute atomic E-state index is 0.262. The quantitative estimate of drug-likeness (QED) is 0.671. The van der Waals surface area contributed by atoms with E-state index >= 15 is 0 Å². The van der Waals surface area contributed by atoms with E-state index in [0.717, 1.165) is 19.3 Å². The average molecular weight is 171 g/mol. The molecule has 0 aromatic rings. The second-order valence-corrected chi connectivity index (χ2v) is 3.86. The van der Waals surface area contributed by atoms with Crippen molar-refractivity contribution in [3.63, 3.8) is 0 Å². The zero-order chi connectivity index (χ0) is 9.19. The van der Waals surface area contributed by atoms with Gasteiger partial charge in [0, 0.05) is 0 Å². The first-order valence-electron chi connectivity index (χ1n) is 4.58. The van der Waals surface area contributed by atoms with Crippen molar-refractivity contribution in [3.8, 4) is 0 Å². The molecule has 0 aromatic carbocycles. The van der Waals surface area contributed by atoms with Gasteiger partial charge < -0.3 is 10.8 Å². The molecule has 12 heavy (non-hydrogen) atoms. The fourth-order valence-corrected chi connectivity index (χ4v) is 1.93. The topological polar surface area (TPSA) is 63.3 Å². The van der Waals surface area contributed by atoms with E-state index < -0.39 is 12.0 Å². The molecule has 0 aromatic heterocycles. The molecule has 1 aliphatic rings. The lowest BCUT2D eigenvalue weighted by molar-refractivity contribution is -0.139. The van der Waals surface area contributed by atoms with Crippen LogP contribution in [0.4, 0.5) is 0 Å². The number of aliphatic carboxylic acids is 1. The highest BCUT2D eigenvalue weighted by molar-refractivity contribution is 5.73. The Kier molecular flexibility index (Phi) is 2.73. The maximum Gasteiger partial charge on any atom is 0.320 e. The number of carboxylic acid groups (broad SMARTS) is 1. The van der Waals surface area contributed by atoms with Gasteiger partial charge in [0.15, 0.2) is 0 Å². The van der Waals surface area contributed by atoms with Gasteiger partial charge in [0.1, 0.15) is 6.04 Å². The predicted molar refractivity (Wildman–Crippen MR) is 46.8 cm³/mol. The monoisotopic (exact) mass is 171 g/mol. The van der Waals surface area contributed by atoms with Crippen molar-refractivity contribution in [3.05, 3.63) is 0 Å². The molecule has 0 bridgehead atoms. The molecule has 3 nitrogen and oxygen atoms in total. The Hall–Kier alpha value is -0.570. The van der Waals surface area contributed by atoms with Crippen LogP contribution in [0.5, 0.6) is 0 Å². The van der Waals surface area contributed by atoms with Crippen molar-refractivity contribution in [1.82, 2.24) is 0 Å². The van der Waals surface area contributed by atoms with E-state index in [9.17, 15) is 4.79 Å². The molecule has 3 heteroatoms. The third-order valence-electron chi connectivity index (χ3n) is 3.13. The molecule has 1 saturated carbocycles. The first-order chi connectivity index (χ1) is 5.59. The number of rotatable bonds is 4. The van der Waals surface area contributed by atoms with Crippen molar-refractivity contribution in [1.29, 1.82) is 0 Å². The van der Waals surface area contributed by atoms with E-state index in [1.54, 1.807) is 0 Å². The molecular weight excluding hydrogens is 154 g/mol. The predicted octanol–water partition coefficient (Wildman–Crippen LogP) is 1.37. The maximum absolute atomic E-state index is 10.5. The van der Waals surface area contributed by atoms with Gasteiger partial charge in [0.05, 0.1) is 0 Å². The van der Waals surface area contributed by atoms with Gasteiger partial charge >= 0.3 is 5.97 Å². The normalized spacial score (nSPS) is 22.8. The third kappa shape index (κ3) is 1.78. The van der Waals surface area contributed by atoms with Gasteiger partial charge in [-0.15, -0.1) is 0 Å². The van der Waals surface area contributed by atoms with Crippen LogP contribution in [-0.2, 0) is 4.79 Å². The lowest BCUT2D eigenvalue weighted by atomic mass is 9.64. The minimum Gasteiger partial charge on any atom is -0.480 e. The molecule has 0 unspecified atom stereocenters. The van der Waals surface area contributed by atoms with E-state index in [-0.39, 0.29) is 5.41 Å². The van der Waals surface area contributed by atoms with Crippen LogP contribution in [0.15, 0.2) is 0 Å². The van der Waals surface area contributed by atoms with Crippen molar-refractivity contribution in [2.75, 3.05) is 0 Å². The Morgan fingerprint density at radius 3 is 2.50 bits per heavy atom. The molecule has 0 heterocycles. The van der Waals surface area contributed by atoms with Gasteiger partial charge in [0.25, 0.3) is 0 Å². The van der Waals surface area contributed by atoms with E-state index in [4.69, 9.17) is 10.8 Å². The molecule has 0 aliphatic heterocycles. The van der Waals surface area contributed by atoms with Gasteiger partial charge in [-0.1, -0.05) is 19.8 Å². The molecule has 0 radical (unpaired) electrons. The molecule has 1 fully saturated rings. The Bertz CT molecular complexity index is 170. The Morgan fingerprint density at radius 1 is 1.67 bits per heavy atom. The van der Waals surface area contributed by atoms with Crippen molar-refractivity contribution >= 4 is 5.97 Å². The Labute approximate surface area is 72.9 Å². The SMILES string of the molecule is CCC1(C[C@H](N)C(=O)O)CCC1. The summed E-state index contributed by atoms with van der Waals surface area (Å²) in [5, 5.41) is 8.64. The number of hydrogen-bond acceptors (Lipinski definition) is 2.